The SMILES string of the molecule is CC[C@@H](C(=O)NC(C)C)N(Cc1ccc(C)cc1)C(=O)COc1ccc(C)c(C)c1. The Morgan fingerprint density at radius 2 is 1.67 bits per heavy atom. The van der Waals surface area contributed by atoms with E-state index in [1.165, 1.54) is 5.56 Å². The number of carbonyl (C=O) groups is 2. The second kappa shape index (κ2) is 10.8. The van der Waals surface area contributed by atoms with Crippen molar-refractivity contribution in [1.29, 1.82) is 0 Å². The lowest BCUT2D eigenvalue weighted by Gasteiger charge is -2.31. The van der Waals surface area contributed by atoms with Gasteiger partial charge in [-0.15, -0.1) is 0 Å². The quantitative estimate of drug-likeness (QED) is 0.670. The van der Waals surface area contributed by atoms with Gasteiger partial charge in [-0.2, -0.15) is 0 Å². The van der Waals surface area contributed by atoms with Gasteiger partial charge in [-0.05, 0) is 69.9 Å². The van der Waals surface area contributed by atoms with E-state index in [2.05, 4.69) is 5.32 Å². The zero-order chi connectivity index (χ0) is 22.3. The third-order valence-electron chi connectivity index (χ3n) is 5.13. The van der Waals surface area contributed by atoms with Gasteiger partial charge in [0.15, 0.2) is 6.61 Å². The summed E-state index contributed by atoms with van der Waals surface area (Å²) in [6.45, 7) is 12.1. The van der Waals surface area contributed by atoms with Crippen molar-refractivity contribution in [2.24, 2.45) is 0 Å². The molecule has 0 aliphatic rings. The van der Waals surface area contributed by atoms with Crippen LogP contribution in [0.2, 0.25) is 0 Å². The molecule has 0 bridgehead atoms. The van der Waals surface area contributed by atoms with E-state index in [9.17, 15) is 9.59 Å². The number of benzene rings is 2. The van der Waals surface area contributed by atoms with Gasteiger partial charge in [0.2, 0.25) is 5.91 Å². The normalized spacial score (nSPS) is 11.8. The summed E-state index contributed by atoms with van der Waals surface area (Å²) < 4.78 is 5.77. The van der Waals surface area contributed by atoms with Crippen molar-refractivity contribution in [3.05, 3.63) is 64.7 Å². The molecule has 0 spiro atoms. The molecule has 1 atom stereocenters. The van der Waals surface area contributed by atoms with Crippen molar-refractivity contribution >= 4 is 11.8 Å². The maximum Gasteiger partial charge on any atom is 0.261 e. The van der Waals surface area contributed by atoms with Gasteiger partial charge < -0.3 is 15.0 Å². The predicted octanol–water partition coefficient (Wildman–Crippen LogP) is 4.32. The maximum absolute atomic E-state index is 13.2. The third-order valence-corrected chi connectivity index (χ3v) is 5.13. The zero-order valence-corrected chi connectivity index (χ0v) is 19.0. The van der Waals surface area contributed by atoms with Crippen molar-refractivity contribution in [2.75, 3.05) is 6.61 Å². The molecule has 0 unspecified atom stereocenters. The van der Waals surface area contributed by atoms with Crippen molar-refractivity contribution < 1.29 is 14.3 Å². The van der Waals surface area contributed by atoms with Gasteiger partial charge in [-0.1, -0.05) is 42.8 Å². The smallest absolute Gasteiger partial charge is 0.261 e. The molecular weight excluding hydrogens is 376 g/mol. The molecule has 0 aromatic heterocycles. The van der Waals surface area contributed by atoms with E-state index in [0.29, 0.717) is 18.7 Å². The van der Waals surface area contributed by atoms with Gasteiger partial charge in [-0.25, -0.2) is 0 Å². The first-order chi connectivity index (χ1) is 14.2. The minimum absolute atomic E-state index is 0.00894. The van der Waals surface area contributed by atoms with Gasteiger partial charge in [0.05, 0.1) is 0 Å². The zero-order valence-electron chi connectivity index (χ0n) is 19.0. The number of hydrogen-bond acceptors (Lipinski definition) is 3. The summed E-state index contributed by atoms with van der Waals surface area (Å²) in [4.78, 5) is 27.6. The summed E-state index contributed by atoms with van der Waals surface area (Å²) in [5, 5.41) is 2.94. The average molecular weight is 411 g/mol. The van der Waals surface area contributed by atoms with Crippen LogP contribution in [0.25, 0.3) is 0 Å². The highest BCUT2D eigenvalue weighted by Crippen LogP contribution is 2.18. The fraction of sp³-hybridized carbons (Fsp3) is 0.440. The fourth-order valence-corrected chi connectivity index (χ4v) is 3.22. The summed E-state index contributed by atoms with van der Waals surface area (Å²) >= 11 is 0. The van der Waals surface area contributed by atoms with E-state index < -0.39 is 6.04 Å². The number of ether oxygens (including phenoxy) is 1. The van der Waals surface area contributed by atoms with E-state index in [0.717, 1.165) is 16.7 Å². The Morgan fingerprint density at radius 3 is 2.23 bits per heavy atom. The number of amides is 2. The van der Waals surface area contributed by atoms with Crippen molar-refractivity contribution in [1.82, 2.24) is 10.2 Å². The highest BCUT2D eigenvalue weighted by Gasteiger charge is 2.29. The average Bonchev–Trinajstić information content (AvgIpc) is 2.69. The Kier molecular flexibility index (Phi) is 8.46. The standard InChI is InChI=1S/C25H34N2O3/c1-7-23(25(29)26-17(2)3)27(15-21-11-8-18(4)9-12-21)24(28)16-30-22-13-10-19(5)20(6)14-22/h8-14,17,23H,7,15-16H2,1-6H3,(H,26,29)/t23-/m0/s1. The Bertz CT molecular complexity index is 859. The van der Waals surface area contributed by atoms with Gasteiger partial charge in [-0.3, -0.25) is 9.59 Å². The summed E-state index contributed by atoms with van der Waals surface area (Å²) in [5.41, 5.74) is 4.42. The van der Waals surface area contributed by atoms with Crippen LogP contribution in [0.1, 0.15) is 49.4 Å². The molecule has 2 rings (SSSR count). The molecule has 2 aromatic rings. The Hall–Kier alpha value is -2.82. The van der Waals surface area contributed by atoms with E-state index in [-0.39, 0.29) is 24.5 Å². The molecular formula is C25H34N2O3. The van der Waals surface area contributed by atoms with Gasteiger partial charge in [0, 0.05) is 12.6 Å². The second-order valence-electron chi connectivity index (χ2n) is 8.13. The van der Waals surface area contributed by atoms with E-state index in [4.69, 9.17) is 4.74 Å². The lowest BCUT2D eigenvalue weighted by Crippen LogP contribution is -2.51. The van der Waals surface area contributed by atoms with Crippen molar-refractivity contribution in [2.45, 2.75) is 66.6 Å². The second-order valence-corrected chi connectivity index (χ2v) is 8.13. The van der Waals surface area contributed by atoms with Crippen molar-refractivity contribution in [3.8, 4) is 5.75 Å². The molecule has 0 aliphatic carbocycles. The molecule has 1 N–H and O–H groups in total. The van der Waals surface area contributed by atoms with Crippen molar-refractivity contribution in [3.63, 3.8) is 0 Å². The lowest BCUT2D eigenvalue weighted by atomic mass is 10.1. The monoisotopic (exact) mass is 410 g/mol. The number of rotatable bonds is 9. The van der Waals surface area contributed by atoms with Gasteiger partial charge in [0.25, 0.3) is 5.91 Å². The first kappa shape index (κ1) is 23.5. The largest absolute Gasteiger partial charge is 0.484 e. The number of nitrogens with zero attached hydrogens (tertiary/aromatic N) is 1. The minimum Gasteiger partial charge on any atom is -0.484 e. The first-order valence-corrected chi connectivity index (χ1v) is 10.6. The minimum atomic E-state index is -0.551. The number of nitrogens with one attached hydrogen (secondary N) is 1. The van der Waals surface area contributed by atoms with Crippen LogP contribution in [0.15, 0.2) is 42.5 Å². The number of carbonyl (C=O) groups excluding carboxylic acids is 2. The van der Waals surface area contributed by atoms with E-state index in [1.54, 1.807) is 4.90 Å². The predicted molar refractivity (Wildman–Crippen MR) is 120 cm³/mol. The van der Waals surface area contributed by atoms with Crippen LogP contribution in [-0.4, -0.2) is 35.4 Å². The van der Waals surface area contributed by atoms with Crippen LogP contribution in [0.5, 0.6) is 5.75 Å². The number of hydrogen-bond donors (Lipinski definition) is 1. The summed E-state index contributed by atoms with van der Waals surface area (Å²) in [7, 11) is 0. The molecule has 162 valence electrons. The molecule has 30 heavy (non-hydrogen) atoms. The lowest BCUT2D eigenvalue weighted by molar-refractivity contribution is -0.143. The van der Waals surface area contributed by atoms with E-state index in [1.807, 2.05) is 84.0 Å². The van der Waals surface area contributed by atoms with Crippen LogP contribution in [0.3, 0.4) is 0 Å². The molecule has 0 radical (unpaired) electrons. The molecule has 0 saturated heterocycles. The molecule has 5 heteroatoms. The summed E-state index contributed by atoms with van der Waals surface area (Å²) in [6, 6.07) is 13.2. The Balaban J connectivity index is 2.21. The highest BCUT2D eigenvalue weighted by atomic mass is 16.5. The maximum atomic E-state index is 13.2. The summed E-state index contributed by atoms with van der Waals surface area (Å²) in [6.07, 6.45) is 0.528. The molecule has 0 saturated carbocycles. The van der Waals surface area contributed by atoms with Crippen LogP contribution < -0.4 is 10.1 Å². The summed E-state index contributed by atoms with van der Waals surface area (Å²) in [5.74, 6) is 0.306. The first-order valence-electron chi connectivity index (χ1n) is 10.6. The van der Waals surface area contributed by atoms with Crippen LogP contribution in [-0.2, 0) is 16.1 Å². The van der Waals surface area contributed by atoms with Crippen LogP contribution >= 0.6 is 0 Å². The Morgan fingerprint density at radius 1 is 1.00 bits per heavy atom. The molecule has 0 heterocycles. The van der Waals surface area contributed by atoms with E-state index >= 15 is 0 Å². The molecule has 5 nitrogen and oxygen atoms in total. The fourth-order valence-electron chi connectivity index (χ4n) is 3.22. The van der Waals surface area contributed by atoms with Crippen LogP contribution in [0.4, 0.5) is 0 Å². The molecule has 0 fully saturated rings. The topological polar surface area (TPSA) is 58.6 Å². The van der Waals surface area contributed by atoms with Gasteiger partial charge in [0.1, 0.15) is 11.8 Å². The molecule has 2 aromatic carbocycles. The Labute approximate surface area is 180 Å². The number of aryl methyl sites for hydroxylation is 3. The highest BCUT2D eigenvalue weighted by molar-refractivity contribution is 5.88. The molecule has 0 aliphatic heterocycles. The van der Waals surface area contributed by atoms with Crippen LogP contribution in [0, 0.1) is 20.8 Å². The third kappa shape index (κ3) is 6.61. The van der Waals surface area contributed by atoms with Gasteiger partial charge >= 0.3 is 0 Å². The molecule has 2 amide bonds.